The van der Waals surface area contributed by atoms with Crippen molar-refractivity contribution in [1.82, 2.24) is 15.6 Å². The molecule has 1 aromatic carbocycles. The number of hydrogen-bond donors (Lipinski definition) is 2. The second-order valence-electron chi connectivity index (χ2n) is 8.76. The van der Waals surface area contributed by atoms with Crippen molar-refractivity contribution in [3.8, 4) is 0 Å². The van der Waals surface area contributed by atoms with Gasteiger partial charge in [0, 0.05) is 17.0 Å². The van der Waals surface area contributed by atoms with E-state index in [0.717, 1.165) is 31.6 Å². The predicted octanol–water partition coefficient (Wildman–Crippen LogP) is 2.93. The number of nitrogens with zero attached hydrogens (tertiary/aromatic N) is 1. The fourth-order valence-corrected chi connectivity index (χ4v) is 5.19. The SMILES string of the molecule is CC(C)(NC(=O)[C@H]1[C@@H]2CNC[C@@H]21)c1nc2c(c3ccccc13)CCCC2. The van der Waals surface area contributed by atoms with Crippen molar-refractivity contribution >= 4 is 16.7 Å². The van der Waals surface area contributed by atoms with Crippen LogP contribution in [0.5, 0.6) is 0 Å². The van der Waals surface area contributed by atoms with Crippen molar-refractivity contribution in [1.29, 1.82) is 0 Å². The normalized spacial score (nSPS) is 27.1. The molecule has 3 atom stereocenters. The number of piperidine rings is 1. The smallest absolute Gasteiger partial charge is 0.224 e. The van der Waals surface area contributed by atoms with Crippen molar-refractivity contribution in [3.63, 3.8) is 0 Å². The van der Waals surface area contributed by atoms with Crippen LogP contribution in [0.1, 0.15) is 43.6 Å². The molecule has 1 saturated heterocycles. The number of aryl methyl sites for hydroxylation is 2. The van der Waals surface area contributed by atoms with Crippen LogP contribution in [-0.4, -0.2) is 24.0 Å². The zero-order valence-electron chi connectivity index (χ0n) is 15.6. The predicted molar refractivity (Wildman–Crippen MR) is 103 cm³/mol. The highest BCUT2D eigenvalue weighted by Crippen LogP contribution is 2.49. The quantitative estimate of drug-likeness (QED) is 0.896. The largest absolute Gasteiger partial charge is 0.345 e. The number of carbonyl (C=O) groups excluding carboxylic acids is 1. The van der Waals surface area contributed by atoms with Crippen LogP contribution >= 0.6 is 0 Å². The number of fused-ring (bicyclic) bond motifs is 4. The van der Waals surface area contributed by atoms with Gasteiger partial charge >= 0.3 is 0 Å². The summed E-state index contributed by atoms with van der Waals surface area (Å²) in [7, 11) is 0. The van der Waals surface area contributed by atoms with Crippen molar-refractivity contribution in [2.45, 2.75) is 45.1 Å². The third kappa shape index (κ3) is 2.46. The Bertz CT molecular complexity index is 878. The van der Waals surface area contributed by atoms with Crippen LogP contribution in [-0.2, 0) is 23.2 Å². The van der Waals surface area contributed by atoms with Gasteiger partial charge in [0.25, 0.3) is 0 Å². The first-order valence-electron chi connectivity index (χ1n) is 10.00. The molecule has 2 aliphatic carbocycles. The molecule has 3 aliphatic rings. The number of hydrogen-bond acceptors (Lipinski definition) is 3. The summed E-state index contributed by atoms with van der Waals surface area (Å²) in [6.45, 7) is 6.18. The fraction of sp³-hybridized carbons (Fsp3) is 0.545. The first-order chi connectivity index (χ1) is 12.6. The van der Waals surface area contributed by atoms with Gasteiger partial charge in [-0.1, -0.05) is 24.3 Å². The maximum Gasteiger partial charge on any atom is 0.224 e. The van der Waals surface area contributed by atoms with E-state index in [4.69, 9.17) is 4.98 Å². The van der Waals surface area contributed by atoms with Gasteiger partial charge in [-0.2, -0.15) is 0 Å². The van der Waals surface area contributed by atoms with Crippen LogP contribution in [0.15, 0.2) is 24.3 Å². The number of aromatic nitrogens is 1. The Hall–Kier alpha value is -1.94. The van der Waals surface area contributed by atoms with E-state index in [1.54, 1.807) is 0 Å². The van der Waals surface area contributed by atoms with Gasteiger partial charge in [-0.3, -0.25) is 9.78 Å². The zero-order chi connectivity index (χ0) is 17.9. The third-order valence-electron chi connectivity index (χ3n) is 6.61. The van der Waals surface area contributed by atoms with Crippen LogP contribution in [0.2, 0.25) is 0 Å². The molecule has 4 nitrogen and oxygen atoms in total. The minimum atomic E-state index is -0.465. The molecule has 2 N–H and O–H groups in total. The number of amides is 1. The van der Waals surface area contributed by atoms with Crippen LogP contribution in [0, 0.1) is 17.8 Å². The summed E-state index contributed by atoms with van der Waals surface area (Å²) in [6.07, 6.45) is 4.63. The van der Waals surface area contributed by atoms with E-state index in [1.165, 1.54) is 34.9 Å². The van der Waals surface area contributed by atoms with Gasteiger partial charge in [0.2, 0.25) is 5.91 Å². The lowest BCUT2D eigenvalue weighted by Gasteiger charge is -2.30. The number of benzene rings is 1. The summed E-state index contributed by atoms with van der Waals surface area (Å²) in [6, 6.07) is 8.58. The highest BCUT2D eigenvalue weighted by Gasteiger charge is 2.57. The standard InChI is InChI=1S/C22H27N3O/c1-22(2,25-21(26)19-16-11-23-12-17(16)19)20-15-9-4-3-7-13(15)14-8-5-6-10-18(14)24-20/h3-4,7,9,16-17,19,23H,5-6,8,10-12H2,1-2H3,(H,25,26)/t16-,17+,19+. The molecule has 0 bridgehead atoms. The molecule has 1 aromatic heterocycles. The first kappa shape index (κ1) is 16.2. The van der Waals surface area contributed by atoms with E-state index in [9.17, 15) is 4.79 Å². The molecule has 1 saturated carbocycles. The van der Waals surface area contributed by atoms with Gasteiger partial charge in [0.15, 0.2) is 0 Å². The minimum Gasteiger partial charge on any atom is -0.345 e. The topological polar surface area (TPSA) is 54.0 Å². The molecule has 0 unspecified atom stereocenters. The Balaban J connectivity index is 1.52. The van der Waals surface area contributed by atoms with E-state index in [2.05, 4.69) is 48.7 Å². The number of nitrogens with one attached hydrogen (secondary N) is 2. The van der Waals surface area contributed by atoms with Crippen LogP contribution < -0.4 is 10.6 Å². The zero-order valence-corrected chi connectivity index (χ0v) is 15.6. The molecule has 5 rings (SSSR count). The Morgan fingerprint density at radius 1 is 1.12 bits per heavy atom. The molecule has 1 amide bonds. The van der Waals surface area contributed by atoms with Gasteiger partial charge in [0.1, 0.15) is 0 Å². The Morgan fingerprint density at radius 2 is 1.81 bits per heavy atom. The number of carbonyl (C=O) groups is 1. The average molecular weight is 349 g/mol. The molecular weight excluding hydrogens is 322 g/mol. The summed E-state index contributed by atoms with van der Waals surface area (Å²) in [5, 5.41) is 9.21. The van der Waals surface area contributed by atoms with E-state index in [1.807, 2.05) is 0 Å². The maximum absolute atomic E-state index is 12.9. The summed E-state index contributed by atoms with van der Waals surface area (Å²) in [4.78, 5) is 18.0. The molecule has 2 fully saturated rings. The minimum absolute atomic E-state index is 0.194. The molecule has 26 heavy (non-hydrogen) atoms. The average Bonchev–Trinajstić information content (AvgIpc) is 3.14. The lowest BCUT2D eigenvalue weighted by molar-refractivity contribution is -0.124. The molecule has 1 aliphatic heterocycles. The van der Waals surface area contributed by atoms with E-state index in [-0.39, 0.29) is 11.8 Å². The number of rotatable bonds is 3. The second kappa shape index (κ2) is 5.78. The Morgan fingerprint density at radius 3 is 2.58 bits per heavy atom. The van der Waals surface area contributed by atoms with Gasteiger partial charge in [0.05, 0.1) is 11.2 Å². The lowest BCUT2D eigenvalue weighted by Crippen LogP contribution is -2.44. The summed E-state index contributed by atoms with van der Waals surface area (Å²) >= 11 is 0. The summed E-state index contributed by atoms with van der Waals surface area (Å²) < 4.78 is 0. The van der Waals surface area contributed by atoms with Gasteiger partial charge in [-0.05, 0) is 75.4 Å². The Kier molecular flexibility index (Phi) is 3.61. The molecule has 4 heteroatoms. The lowest BCUT2D eigenvalue weighted by atomic mass is 9.87. The fourth-order valence-electron chi connectivity index (χ4n) is 5.19. The second-order valence-corrected chi connectivity index (χ2v) is 8.76. The molecule has 0 radical (unpaired) electrons. The summed E-state index contributed by atoms with van der Waals surface area (Å²) in [5.74, 6) is 1.48. The molecule has 0 spiro atoms. The molecule has 136 valence electrons. The van der Waals surface area contributed by atoms with Gasteiger partial charge in [-0.25, -0.2) is 0 Å². The van der Waals surface area contributed by atoms with E-state index < -0.39 is 5.54 Å². The van der Waals surface area contributed by atoms with Crippen molar-refractivity contribution in [3.05, 3.63) is 41.2 Å². The number of pyridine rings is 1. The van der Waals surface area contributed by atoms with Crippen LogP contribution in [0.25, 0.3) is 10.8 Å². The molecule has 2 aromatic rings. The van der Waals surface area contributed by atoms with Crippen molar-refractivity contribution in [2.75, 3.05) is 13.1 Å². The third-order valence-corrected chi connectivity index (χ3v) is 6.61. The van der Waals surface area contributed by atoms with Crippen molar-refractivity contribution < 1.29 is 4.79 Å². The van der Waals surface area contributed by atoms with E-state index >= 15 is 0 Å². The highest BCUT2D eigenvalue weighted by molar-refractivity contribution is 5.90. The van der Waals surface area contributed by atoms with Crippen LogP contribution in [0.4, 0.5) is 0 Å². The first-order valence-corrected chi connectivity index (χ1v) is 10.00. The maximum atomic E-state index is 12.9. The van der Waals surface area contributed by atoms with E-state index in [0.29, 0.717) is 11.8 Å². The molecule has 2 heterocycles. The van der Waals surface area contributed by atoms with Crippen molar-refractivity contribution in [2.24, 2.45) is 17.8 Å². The summed E-state index contributed by atoms with van der Waals surface area (Å²) in [5.41, 5.74) is 3.21. The molecular formula is C22H27N3O. The van der Waals surface area contributed by atoms with Gasteiger partial charge < -0.3 is 10.6 Å². The van der Waals surface area contributed by atoms with Crippen LogP contribution in [0.3, 0.4) is 0 Å². The van der Waals surface area contributed by atoms with Gasteiger partial charge in [-0.15, -0.1) is 0 Å². The Labute approximate surface area is 154 Å². The monoisotopic (exact) mass is 349 g/mol. The highest BCUT2D eigenvalue weighted by atomic mass is 16.2.